The second-order valence-electron chi connectivity index (χ2n) is 11.1. The first-order valence-electron chi connectivity index (χ1n) is 13.7. The van der Waals surface area contributed by atoms with E-state index < -0.39 is 12.1 Å². The molecular formula is C33H43N3O3. The Morgan fingerprint density at radius 3 is 2.31 bits per heavy atom. The highest BCUT2D eigenvalue weighted by Crippen LogP contribution is 2.19. The number of hydrogen-bond acceptors (Lipinski definition) is 4. The number of nitrogens with zero attached hydrogens (tertiary/aromatic N) is 2. The Balaban J connectivity index is 1.76. The number of fused-ring (bicyclic) bond motifs is 1. The minimum atomic E-state index is -0.634. The Kier molecular flexibility index (Phi) is 10.8. The van der Waals surface area contributed by atoms with Crippen molar-refractivity contribution in [3.8, 4) is 0 Å². The summed E-state index contributed by atoms with van der Waals surface area (Å²) in [5.41, 5.74) is 1.91. The molecule has 39 heavy (non-hydrogen) atoms. The minimum Gasteiger partial charge on any atom is -0.392 e. The predicted molar refractivity (Wildman–Crippen MR) is 160 cm³/mol. The molecule has 0 saturated carbocycles. The largest absolute Gasteiger partial charge is 0.392 e. The zero-order chi connectivity index (χ0) is 28.4. The molecule has 0 bridgehead atoms. The van der Waals surface area contributed by atoms with E-state index in [2.05, 4.69) is 41.7 Å². The van der Waals surface area contributed by atoms with E-state index in [0.717, 1.165) is 22.8 Å². The van der Waals surface area contributed by atoms with Gasteiger partial charge >= 0.3 is 0 Å². The number of carbonyl (C=O) groups is 2. The van der Waals surface area contributed by atoms with E-state index in [0.29, 0.717) is 25.9 Å². The second kappa shape index (κ2) is 14.1. The second-order valence-corrected chi connectivity index (χ2v) is 11.1. The van der Waals surface area contributed by atoms with Gasteiger partial charge in [-0.3, -0.25) is 9.59 Å². The van der Waals surface area contributed by atoms with Gasteiger partial charge in [0.25, 0.3) is 0 Å². The molecule has 0 aromatic heterocycles. The summed E-state index contributed by atoms with van der Waals surface area (Å²) in [5.74, 6) is -0.292. The maximum atomic E-state index is 13.7. The Labute approximate surface area is 233 Å². The normalized spacial score (nSPS) is 13.4. The van der Waals surface area contributed by atoms with Crippen molar-refractivity contribution in [3.05, 3.63) is 96.1 Å². The van der Waals surface area contributed by atoms with Crippen molar-refractivity contribution in [2.45, 2.75) is 57.7 Å². The van der Waals surface area contributed by atoms with Gasteiger partial charge in [-0.05, 0) is 61.6 Å². The van der Waals surface area contributed by atoms with Gasteiger partial charge in [-0.1, -0.05) is 78.9 Å². The first-order chi connectivity index (χ1) is 18.6. The van der Waals surface area contributed by atoms with Crippen molar-refractivity contribution < 1.29 is 14.7 Å². The Bertz CT molecular complexity index is 1250. The molecule has 6 heteroatoms. The number of hydrogen-bond donors (Lipinski definition) is 2. The van der Waals surface area contributed by atoms with E-state index in [1.807, 2.05) is 63.4 Å². The third-order valence-corrected chi connectivity index (χ3v) is 7.06. The van der Waals surface area contributed by atoms with Crippen LogP contribution in [-0.4, -0.2) is 71.6 Å². The number of amides is 2. The molecule has 0 aliphatic carbocycles. The number of benzene rings is 3. The van der Waals surface area contributed by atoms with E-state index in [4.69, 9.17) is 0 Å². The topological polar surface area (TPSA) is 72.9 Å². The highest BCUT2D eigenvalue weighted by molar-refractivity contribution is 5.93. The average molecular weight is 530 g/mol. The van der Waals surface area contributed by atoms with Crippen molar-refractivity contribution >= 4 is 22.6 Å². The van der Waals surface area contributed by atoms with Crippen LogP contribution in [0.5, 0.6) is 0 Å². The summed E-state index contributed by atoms with van der Waals surface area (Å²) in [6.45, 7) is 6.84. The van der Waals surface area contributed by atoms with Crippen LogP contribution in [-0.2, 0) is 22.4 Å². The molecule has 2 atom stereocenters. The number of aliphatic hydroxyl groups is 1. The first kappa shape index (κ1) is 30.1. The molecule has 2 N–H and O–H groups in total. The van der Waals surface area contributed by atoms with Gasteiger partial charge in [0.05, 0.1) is 6.10 Å². The maximum Gasteiger partial charge on any atom is 0.246 e. The summed E-state index contributed by atoms with van der Waals surface area (Å²) in [4.78, 5) is 30.3. The smallest absolute Gasteiger partial charge is 0.246 e. The third-order valence-electron chi connectivity index (χ3n) is 7.06. The Hall–Kier alpha value is -3.48. The van der Waals surface area contributed by atoms with Gasteiger partial charge in [-0.15, -0.1) is 0 Å². The van der Waals surface area contributed by atoms with Crippen LogP contribution in [0.1, 0.15) is 38.3 Å². The fraction of sp³-hybridized carbons (Fsp3) is 0.394. The van der Waals surface area contributed by atoms with Gasteiger partial charge in [0, 0.05) is 39.1 Å². The van der Waals surface area contributed by atoms with Crippen LogP contribution in [0.2, 0.25) is 0 Å². The summed E-state index contributed by atoms with van der Waals surface area (Å²) in [7, 11) is 3.52. The summed E-state index contributed by atoms with van der Waals surface area (Å²) < 4.78 is 0. The van der Waals surface area contributed by atoms with Gasteiger partial charge in [0.2, 0.25) is 11.8 Å². The van der Waals surface area contributed by atoms with Gasteiger partial charge < -0.3 is 20.2 Å². The lowest BCUT2D eigenvalue weighted by Gasteiger charge is -2.31. The van der Waals surface area contributed by atoms with Gasteiger partial charge in [0.15, 0.2) is 0 Å². The lowest BCUT2D eigenvalue weighted by molar-refractivity contribution is -0.141. The molecule has 0 heterocycles. The number of nitrogens with one attached hydrogen (secondary N) is 1. The predicted octanol–water partition coefficient (Wildman–Crippen LogP) is 4.61. The first-order valence-corrected chi connectivity index (χ1v) is 13.7. The van der Waals surface area contributed by atoms with E-state index in [1.54, 1.807) is 29.8 Å². The molecule has 6 nitrogen and oxygen atoms in total. The molecule has 0 radical (unpaired) electrons. The summed E-state index contributed by atoms with van der Waals surface area (Å²) >= 11 is 0. The van der Waals surface area contributed by atoms with Crippen molar-refractivity contribution in [2.24, 2.45) is 0 Å². The van der Waals surface area contributed by atoms with Crippen molar-refractivity contribution in [3.63, 3.8) is 0 Å². The number of carbonyl (C=O) groups excluding carboxylic acids is 2. The number of rotatable bonds is 13. The standard InChI is InChI=1S/C33H43N3O3/c1-25(37)24-34-33(2,3)20-11-16-31(38)36(5)30(23-27-17-18-28-14-9-10-15-29(28)22-27)32(39)35(4)21-19-26-12-7-6-8-13-26/h6-18,22,25,30,34,37H,19-21,23-24H2,1-5H3/t25-,30-/m1/s1. The molecule has 2 amide bonds. The fourth-order valence-corrected chi connectivity index (χ4v) is 4.51. The van der Waals surface area contributed by atoms with Gasteiger partial charge in [-0.2, -0.15) is 0 Å². The highest BCUT2D eigenvalue weighted by Gasteiger charge is 2.29. The Morgan fingerprint density at radius 1 is 0.949 bits per heavy atom. The maximum absolute atomic E-state index is 13.7. The van der Waals surface area contributed by atoms with Crippen LogP contribution in [0.3, 0.4) is 0 Å². The van der Waals surface area contributed by atoms with Crippen molar-refractivity contribution in [1.29, 1.82) is 0 Å². The highest BCUT2D eigenvalue weighted by atomic mass is 16.3. The molecule has 0 unspecified atom stereocenters. The molecule has 208 valence electrons. The molecular weight excluding hydrogens is 486 g/mol. The van der Waals surface area contributed by atoms with Crippen molar-refractivity contribution in [1.82, 2.24) is 15.1 Å². The zero-order valence-electron chi connectivity index (χ0n) is 23.9. The SMILES string of the molecule is C[C@@H](O)CNC(C)(C)CC=CC(=O)N(C)[C@H](Cc1ccc2ccccc2c1)C(=O)N(C)CCc1ccccc1. The average Bonchev–Trinajstić information content (AvgIpc) is 2.93. The molecule has 3 rings (SSSR count). The van der Waals surface area contributed by atoms with E-state index >= 15 is 0 Å². The number of likely N-dealkylation sites (N-methyl/N-ethyl adjacent to an activating group) is 2. The van der Waals surface area contributed by atoms with Crippen LogP contribution < -0.4 is 5.32 Å². The van der Waals surface area contributed by atoms with E-state index in [-0.39, 0.29) is 17.4 Å². The van der Waals surface area contributed by atoms with Crippen LogP contribution >= 0.6 is 0 Å². The van der Waals surface area contributed by atoms with Gasteiger partial charge in [0.1, 0.15) is 6.04 Å². The number of β-amino-alcohol motifs (C(OH)–C–C–N with tert-alkyl or cyclic N) is 1. The quantitative estimate of drug-likeness (QED) is 0.317. The summed E-state index contributed by atoms with van der Waals surface area (Å²) in [6, 6.07) is 23.8. The lowest BCUT2D eigenvalue weighted by atomic mass is 9.99. The van der Waals surface area contributed by atoms with Gasteiger partial charge in [-0.25, -0.2) is 0 Å². The summed E-state index contributed by atoms with van der Waals surface area (Å²) in [5, 5.41) is 15.1. The van der Waals surface area contributed by atoms with Crippen LogP contribution in [0.4, 0.5) is 0 Å². The molecule has 0 aliphatic rings. The van der Waals surface area contributed by atoms with E-state index in [9.17, 15) is 14.7 Å². The molecule has 3 aromatic rings. The fourth-order valence-electron chi connectivity index (χ4n) is 4.51. The number of aliphatic hydroxyl groups excluding tert-OH is 1. The lowest BCUT2D eigenvalue weighted by Crippen LogP contribution is -2.49. The molecule has 3 aromatic carbocycles. The summed E-state index contributed by atoms with van der Waals surface area (Å²) in [6.07, 6.45) is 4.73. The monoisotopic (exact) mass is 529 g/mol. The molecule has 0 fully saturated rings. The third kappa shape index (κ3) is 9.34. The van der Waals surface area contributed by atoms with E-state index in [1.165, 1.54) is 5.56 Å². The molecule has 0 saturated heterocycles. The molecule has 0 aliphatic heterocycles. The van der Waals surface area contributed by atoms with Crippen molar-refractivity contribution in [2.75, 3.05) is 27.2 Å². The van der Waals surface area contributed by atoms with Crippen LogP contribution in [0.25, 0.3) is 10.8 Å². The zero-order valence-corrected chi connectivity index (χ0v) is 23.9. The van der Waals surface area contributed by atoms with Crippen LogP contribution in [0, 0.1) is 0 Å². The molecule has 0 spiro atoms. The minimum absolute atomic E-state index is 0.0812. The van der Waals surface area contributed by atoms with Crippen LogP contribution in [0.15, 0.2) is 84.9 Å². The Morgan fingerprint density at radius 2 is 1.62 bits per heavy atom.